The fraction of sp³-hybridized carbons (Fsp3) is 0.167. The van der Waals surface area contributed by atoms with E-state index in [1.807, 2.05) is 29.7 Å². The summed E-state index contributed by atoms with van der Waals surface area (Å²) in [4.78, 5) is 17.9. The second kappa shape index (κ2) is 6.59. The maximum Gasteiger partial charge on any atom is 0.371 e. The molecule has 0 aliphatic carbocycles. The van der Waals surface area contributed by atoms with Crippen LogP contribution in [0, 0.1) is 0 Å². The lowest BCUT2D eigenvalue weighted by atomic mass is 10.1. The summed E-state index contributed by atoms with van der Waals surface area (Å²) in [6.45, 7) is 2.91. The van der Waals surface area contributed by atoms with Crippen molar-refractivity contribution in [3.8, 4) is 17.0 Å². The molecule has 3 aromatic heterocycles. The number of hydrogen-bond donors (Lipinski definition) is 0. The highest BCUT2D eigenvalue weighted by Crippen LogP contribution is 2.27. The van der Waals surface area contributed by atoms with Crippen molar-refractivity contribution < 1.29 is 9.67 Å². The van der Waals surface area contributed by atoms with E-state index in [4.69, 9.17) is 11.6 Å². The van der Waals surface area contributed by atoms with Crippen molar-refractivity contribution in [2.24, 2.45) is 0 Å². The van der Waals surface area contributed by atoms with Crippen LogP contribution in [-0.4, -0.2) is 14.0 Å². The zero-order valence-corrected chi connectivity index (χ0v) is 15.5. The van der Waals surface area contributed by atoms with Crippen molar-refractivity contribution in [3.05, 3.63) is 68.6 Å². The third-order valence-electron chi connectivity index (χ3n) is 4.24. The number of hydrogen-bond acceptors (Lipinski definition) is 4. The first-order valence-electron chi connectivity index (χ1n) is 8.10. The van der Waals surface area contributed by atoms with Crippen molar-refractivity contribution >= 4 is 28.7 Å². The van der Waals surface area contributed by atoms with E-state index in [9.17, 15) is 9.90 Å². The number of halogens is 1. The molecule has 0 aliphatic rings. The van der Waals surface area contributed by atoms with Gasteiger partial charge in [-0.25, -0.2) is 18.9 Å². The van der Waals surface area contributed by atoms with Gasteiger partial charge in [0.2, 0.25) is 0 Å². The van der Waals surface area contributed by atoms with Crippen LogP contribution in [0.5, 0.6) is 5.88 Å². The van der Waals surface area contributed by atoms with Crippen molar-refractivity contribution in [2.45, 2.75) is 20.0 Å². The van der Waals surface area contributed by atoms with E-state index >= 15 is 0 Å². The van der Waals surface area contributed by atoms with Gasteiger partial charge in [-0.15, -0.1) is 11.3 Å². The molecule has 0 amide bonds. The van der Waals surface area contributed by atoms with E-state index in [-0.39, 0.29) is 17.0 Å². The maximum absolute atomic E-state index is 13.3. The van der Waals surface area contributed by atoms with E-state index in [1.165, 1.54) is 15.7 Å². The second-order valence-corrected chi connectivity index (χ2v) is 7.47. The number of fused-ring (bicyclic) bond motifs is 1. The van der Waals surface area contributed by atoms with Crippen molar-refractivity contribution in [1.29, 1.82) is 0 Å². The molecule has 6 nitrogen and oxygen atoms in total. The normalized spacial score (nSPS) is 11.3. The van der Waals surface area contributed by atoms with Gasteiger partial charge in [-0.1, -0.05) is 41.9 Å². The fourth-order valence-corrected chi connectivity index (χ4v) is 4.02. The quantitative estimate of drug-likeness (QED) is 0.505. The van der Waals surface area contributed by atoms with E-state index < -0.39 is 0 Å². The van der Waals surface area contributed by atoms with Gasteiger partial charge < -0.3 is 5.11 Å². The molecule has 0 unspecified atom stereocenters. The first-order chi connectivity index (χ1) is 12.6. The highest BCUT2D eigenvalue weighted by molar-refractivity contribution is 7.15. The largest absolute Gasteiger partial charge is 0.848 e. The standard InChI is InChI=1S/C18H15ClN4O2S/c1-2-21-8-9-22-15(24)14(12-6-4-3-5-7-12)16(25)23(18(21)22)11-13-10-20-17(19)26-13/h3-10H,2,11H2,1H3. The predicted molar refractivity (Wildman–Crippen MR) is 98.6 cm³/mol. The molecule has 0 fully saturated rings. The Morgan fingerprint density at radius 1 is 1.31 bits per heavy atom. The number of benzene rings is 1. The van der Waals surface area contributed by atoms with E-state index in [0.717, 1.165) is 4.88 Å². The molecule has 0 aliphatic heterocycles. The third-order valence-corrected chi connectivity index (χ3v) is 5.34. The van der Waals surface area contributed by atoms with Crippen LogP contribution in [0.1, 0.15) is 11.8 Å². The Balaban J connectivity index is 2.04. The summed E-state index contributed by atoms with van der Waals surface area (Å²) < 4.78 is 5.43. The predicted octanol–water partition coefficient (Wildman–Crippen LogP) is 2.31. The Morgan fingerprint density at radius 3 is 2.73 bits per heavy atom. The molecular formula is C18H15ClN4O2S. The molecule has 0 N–H and O–H groups in total. The van der Waals surface area contributed by atoms with E-state index in [1.54, 1.807) is 35.3 Å². The highest BCUT2D eigenvalue weighted by Gasteiger charge is 2.22. The molecule has 0 atom stereocenters. The minimum Gasteiger partial charge on any atom is -0.848 e. The van der Waals surface area contributed by atoms with Crippen LogP contribution in [0.15, 0.2) is 53.7 Å². The molecule has 0 saturated carbocycles. The molecule has 1 aromatic carbocycles. The fourth-order valence-electron chi connectivity index (χ4n) is 3.05. The SMILES string of the molecule is CC[n+]1ccn2c(=O)c(-c3ccccc3)c([O-])n(Cc3cnc(Cl)s3)c21. The molecule has 8 heteroatoms. The summed E-state index contributed by atoms with van der Waals surface area (Å²) in [6, 6.07) is 9.02. The number of aromatic nitrogens is 4. The number of nitrogens with zero attached hydrogens (tertiary/aromatic N) is 4. The van der Waals surface area contributed by atoms with Gasteiger partial charge in [0, 0.05) is 12.1 Å². The first kappa shape index (κ1) is 16.8. The lowest BCUT2D eigenvalue weighted by molar-refractivity contribution is -0.670. The van der Waals surface area contributed by atoms with Crippen LogP contribution in [0.25, 0.3) is 16.9 Å². The smallest absolute Gasteiger partial charge is 0.371 e. The van der Waals surface area contributed by atoms with Gasteiger partial charge in [0.05, 0.1) is 23.2 Å². The van der Waals surface area contributed by atoms with Crippen LogP contribution in [0.2, 0.25) is 4.47 Å². The minimum atomic E-state index is -0.320. The molecule has 0 spiro atoms. The number of thiazole rings is 1. The molecule has 3 heterocycles. The Morgan fingerprint density at radius 2 is 2.08 bits per heavy atom. The summed E-state index contributed by atoms with van der Waals surface area (Å²) >= 11 is 7.25. The topological polar surface area (TPSA) is 66.2 Å². The van der Waals surface area contributed by atoms with E-state index in [2.05, 4.69) is 4.98 Å². The van der Waals surface area contributed by atoms with Crippen LogP contribution in [-0.2, 0) is 13.1 Å². The van der Waals surface area contributed by atoms with Gasteiger partial charge in [-0.3, -0.25) is 0 Å². The van der Waals surface area contributed by atoms with Gasteiger partial charge in [0.15, 0.2) is 4.47 Å². The molecule has 0 bridgehead atoms. The molecule has 0 radical (unpaired) electrons. The molecule has 0 saturated heterocycles. The lowest BCUT2D eigenvalue weighted by Gasteiger charge is -2.17. The second-order valence-electron chi connectivity index (χ2n) is 5.77. The van der Waals surface area contributed by atoms with Gasteiger partial charge in [-0.2, -0.15) is 4.40 Å². The van der Waals surface area contributed by atoms with Crippen LogP contribution >= 0.6 is 22.9 Å². The van der Waals surface area contributed by atoms with Crippen LogP contribution < -0.4 is 15.2 Å². The molecule has 4 aromatic rings. The lowest BCUT2D eigenvalue weighted by Crippen LogP contribution is -2.37. The summed E-state index contributed by atoms with van der Waals surface area (Å²) in [5, 5.41) is 13.3. The Hall–Kier alpha value is -2.64. The first-order valence-corrected chi connectivity index (χ1v) is 9.29. The van der Waals surface area contributed by atoms with Crippen LogP contribution in [0.4, 0.5) is 0 Å². The van der Waals surface area contributed by atoms with Crippen molar-refractivity contribution in [1.82, 2.24) is 14.0 Å². The van der Waals surface area contributed by atoms with Crippen molar-refractivity contribution in [3.63, 3.8) is 0 Å². The summed E-state index contributed by atoms with van der Waals surface area (Å²) in [7, 11) is 0. The summed E-state index contributed by atoms with van der Waals surface area (Å²) in [5.74, 6) is 0.228. The van der Waals surface area contributed by atoms with Crippen molar-refractivity contribution in [2.75, 3.05) is 0 Å². The Bertz CT molecular complexity index is 1150. The Labute approximate surface area is 158 Å². The van der Waals surface area contributed by atoms with Gasteiger partial charge in [0.25, 0.3) is 0 Å². The average molecular weight is 387 g/mol. The highest BCUT2D eigenvalue weighted by atomic mass is 35.5. The molecule has 26 heavy (non-hydrogen) atoms. The monoisotopic (exact) mass is 386 g/mol. The van der Waals surface area contributed by atoms with E-state index in [0.29, 0.717) is 28.9 Å². The average Bonchev–Trinajstić information content (AvgIpc) is 3.25. The number of imidazole rings is 1. The maximum atomic E-state index is 13.3. The van der Waals surface area contributed by atoms with Gasteiger partial charge in [0.1, 0.15) is 12.7 Å². The molecule has 4 rings (SSSR count). The molecular weight excluding hydrogens is 372 g/mol. The van der Waals surface area contributed by atoms with Gasteiger partial charge >= 0.3 is 11.3 Å². The summed E-state index contributed by atoms with van der Waals surface area (Å²) in [5.41, 5.74) is 0.451. The zero-order valence-electron chi connectivity index (χ0n) is 13.9. The van der Waals surface area contributed by atoms with Gasteiger partial charge in [-0.05, 0) is 12.5 Å². The minimum absolute atomic E-state index is 0.160. The number of aryl methyl sites for hydroxylation is 1. The zero-order chi connectivity index (χ0) is 18.3. The van der Waals surface area contributed by atoms with Crippen LogP contribution in [0.3, 0.4) is 0 Å². The number of rotatable bonds is 4. The molecule has 132 valence electrons. The third kappa shape index (κ3) is 2.69. The summed E-state index contributed by atoms with van der Waals surface area (Å²) in [6.07, 6.45) is 5.16. The Kier molecular flexibility index (Phi) is 4.26.